The maximum atomic E-state index is 11.4. The van der Waals surface area contributed by atoms with E-state index in [0.29, 0.717) is 31.0 Å². The molecule has 182 valence electrons. The van der Waals surface area contributed by atoms with Crippen molar-refractivity contribution in [3.8, 4) is 17.5 Å². The molecule has 0 atom stereocenters. The average Bonchev–Trinajstić information content (AvgIpc) is 3.24. The molecule has 5 aromatic rings. The van der Waals surface area contributed by atoms with Crippen LogP contribution >= 0.6 is 0 Å². The third-order valence-electron chi connectivity index (χ3n) is 5.90. The van der Waals surface area contributed by atoms with Gasteiger partial charge in [0.05, 0.1) is 24.9 Å². The van der Waals surface area contributed by atoms with Crippen molar-refractivity contribution in [2.45, 2.75) is 12.8 Å². The van der Waals surface area contributed by atoms with Gasteiger partial charge in [-0.1, -0.05) is 48.5 Å². The lowest BCUT2D eigenvalue weighted by molar-refractivity contribution is 0.142. The summed E-state index contributed by atoms with van der Waals surface area (Å²) in [6.07, 6.45) is 1.50. The number of ether oxygens (including phenoxy) is 3. The average molecular weight is 484 g/mol. The minimum Gasteiger partial charge on any atom is -0.493 e. The Morgan fingerprint density at radius 3 is 2.61 bits per heavy atom. The van der Waals surface area contributed by atoms with Gasteiger partial charge >= 0.3 is 6.16 Å². The Kier molecular flexibility index (Phi) is 6.57. The Labute approximate surface area is 207 Å². The van der Waals surface area contributed by atoms with E-state index in [1.807, 2.05) is 54.6 Å². The number of rotatable bonds is 9. The summed E-state index contributed by atoms with van der Waals surface area (Å²) >= 11 is 0. The molecule has 0 aliphatic carbocycles. The zero-order valence-corrected chi connectivity index (χ0v) is 19.7. The molecule has 0 bridgehead atoms. The lowest BCUT2D eigenvalue weighted by Gasteiger charge is -2.11. The van der Waals surface area contributed by atoms with Crippen molar-refractivity contribution in [2.24, 2.45) is 0 Å². The number of nitrogens with zero attached hydrogens (tertiary/aromatic N) is 1. The normalized spacial score (nSPS) is 10.9. The number of benzene rings is 3. The van der Waals surface area contributed by atoms with E-state index in [2.05, 4.69) is 27.4 Å². The van der Waals surface area contributed by atoms with E-state index in [1.165, 1.54) is 0 Å². The number of hydrogen-bond acceptors (Lipinski definition) is 6. The maximum absolute atomic E-state index is 11.4. The second-order valence-electron chi connectivity index (χ2n) is 8.14. The van der Waals surface area contributed by atoms with Crippen LogP contribution in [0.2, 0.25) is 0 Å². The zero-order valence-electron chi connectivity index (χ0n) is 19.7. The molecule has 2 heterocycles. The van der Waals surface area contributed by atoms with Crippen molar-refractivity contribution >= 4 is 39.2 Å². The molecule has 8 nitrogen and oxygen atoms in total. The summed E-state index contributed by atoms with van der Waals surface area (Å²) in [6.45, 7) is 0.470. The fourth-order valence-electron chi connectivity index (χ4n) is 4.32. The van der Waals surface area contributed by atoms with Gasteiger partial charge < -0.3 is 29.6 Å². The number of para-hydroxylation sites is 1. The van der Waals surface area contributed by atoms with Crippen LogP contribution in [0.1, 0.15) is 12.0 Å². The minimum atomic E-state index is -1.38. The predicted octanol–water partition coefficient (Wildman–Crippen LogP) is 6.54. The van der Waals surface area contributed by atoms with Gasteiger partial charge in [0.25, 0.3) is 0 Å². The Morgan fingerprint density at radius 1 is 0.972 bits per heavy atom. The highest BCUT2D eigenvalue weighted by atomic mass is 16.7. The number of carbonyl (C=O) groups is 1. The van der Waals surface area contributed by atoms with Crippen molar-refractivity contribution in [1.82, 2.24) is 9.97 Å². The molecule has 0 aliphatic rings. The van der Waals surface area contributed by atoms with E-state index in [9.17, 15) is 9.90 Å². The van der Waals surface area contributed by atoms with Crippen LogP contribution < -0.4 is 19.5 Å². The first kappa shape index (κ1) is 23.0. The summed E-state index contributed by atoms with van der Waals surface area (Å²) in [5.74, 6) is 1.48. The van der Waals surface area contributed by atoms with Gasteiger partial charge in [0, 0.05) is 22.5 Å². The van der Waals surface area contributed by atoms with Gasteiger partial charge in [0.1, 0.15) is 11.4 Å². The SMILES string of the molecule is COc1ncccc1Nc1cccc2c(CCCOc3cccc4ccccc34)c(OC(=O)O)[nH]c12. The first-order valence-electron chi connectivity index (χ1n) is 11.5. The van der Waals surface area contributed by atoms with E-state index < -0.39 is 6.16 Å². The number of aryl methyl sites for hydroxylation is 1. The number of aromatic amines is 1. The fourth-order valence-corrected chi connectivity index (χ4v) is 4.32. The summed E-state index contributed by atoms with van der Waals surface area (Å²) < 4.78 is 16.5. The summed E-state index contributed by atoms with van der Waals surface area (Å²) in [7, 11) is 1.56. The molecule has 8 heteroatoms. The number of methoxy groups -OCH3 is 1. The maximum Gasteiger partial charge on any atom is 0.512 e. The second kappa shape index (κ2) is 10.3. The molecule has 0 amide bonds. The van der Waals surface area contributed by atoms with Gasteiger partial charge in [-0.3, -0.25) is 0 Å². The van der Waals surface area contributed by atoms with Crippen LogP contribution in [-0.4, -0.2) is 34.9 Å². The number of pyridine rings is 1. The number of carboxylic acid groups (broad SMARTS) is 1. The van der Waals surface area contributed by atoms with E-state index in [4.69, 9.17) is 14.2 Å². The van der Waals surface area contributed by atoms with Crippen LogP contribution in [0.25, 0.3) is 21.7 Å². The lowest BCUT2D eigenvalue weighted by Crippen LogP contribution is -2.06. The number of fused-ring (bicyclic) bond motifs is 2. The first-order valence-corrected chi connectivity index (χ1v) is 11.5. The van der Waals surface area contributed by atoms with Gasteiger partial charge in [0.15, 0.2) is 0 Å². The standard InChI is InChI=1S/C28H25N3O5/c1-34-27-23(14-6-16-29-27)30-22-13-5-11-20-21(26(31-25(20)22)36-28(32)33)12-7-17-35-24-15-4-9-18-8-2-3-10-19(18)24/h2-6,8-11,13-16,30-31H,7,12,17H2,1H3,(H,32,33). The molecule has 0 radical (unpaired) electrons. The second-order valence-corrected chi connectivity index (χ2v) is 8.14. The molecule has 0 spiro atoms. The van der Waals surface area contributed by atoms with E-state index in [1.54, 1.807) is 19.4 Å². The highest BCUT2D eigenvalue weighted by molar-refractivity contribution is 5.97. The van der Waals surface area contributed by atoms with Gasteiger partial charge in [-0.25, -0.2) is 9.78 Å². The molecule has 3 N–H and O–H groups in total. The topological polar surface area (TPSA) is 106 Å². The molecule has 0 saturated carbocycles. The number of nitrogens with one attached hydrogen (secondary N) is 2. The van der Waals surface area contributed by atoms with Crippen LogP contribution in [0.5, 0.6) is 17.5 Å². The monoisotopic (exact) mass is 483 g/mol. The van der Waals surface area contributed by atoms with Crippen LogP contribution in [0.3, 0.4) is 0 Å². The fraction of sp³-hybridized carbons (Fsp3) is 0.143. The molecule has 0 aliphatic heterocycles. The Hall–Kier alpha value is -4.72. The molecule has 0 unspecified atom stereocenters. The summed E-state index contributed by atoms with van der Waals surface area (Å²) in [5.41, 5.74) is 2.93. The summed E-state index contributed by atoms with van der Waals surface area (Å²) in [4.78, 5) is 18.7. The summed E-state index contributed by atoms with van der Waals surface area (Å²) in [6, 6.07) is 23.5. The Balaban J connectivity index is 1.38. The van der Waals surface area contributed by atoms with E-state index in [0.717, 1.165) is 38.7 Å². The van der Waals surface area contributed by atoms with Gasteiger partial charge in [-0.15, -0.1) is 0 Å². The number of H-pyrrole nitrogens is 1. The van der Waals surface area contributed by atoms with Crippen molar-refractivity contribution < 1.29 is 24.1 Å². The molecule has 3 aromatic carbocycles. The minimum absolute atomic E-state index is 0.204. The third-order valence-corrected chi connectivity index (χ3v) is 5.90. The highest BCUT2D eigenvalue weighted by Crippen LogP contribution is 2.36. The van der Waals surface area contributed by atoms with Crippen molar-refractivity contribution in [1.29, 1.82) is 0 Å². The van der Waals surface area contributed by atoms with Crippen LogP contribution in [0.15, 0.2) is 79.0 Å². The molecule has 36 heavy (non-hydrogen) atoms. The molecule has 0 saturated heterocycles. The first-order chi connectivity index (χ1) is 17.6. The Morgan fingerprint density at radius 2 is 1.75 bits per heavy atom. The largest absolute Gasteiger partial charge is 0.512 e. The van der Waals surface area contributed by atoms with Gasteiger partial charge in [-0.2, -0.15) is 0 Å². The number of hydrogen-bond donors (Lipinski definition) is 3. The summed E-state index contributed by atoms with van der Waals surface area (Å²) in [5, 5.41) is 15.7. The van der Waals surface area contributed by atoms with Crippen molar-refractivity contribution in [3.05, 3.63) is 84.6 Å². The van der Waals surface area contributed by atoms with Crippen molar-refractivity contribution in [2.75, 3.05) is 19.0 Å². The van der Waals surface area contributed by atoms with Gasteiger partial charge in [-0.05, 0) is 42.5 Å². The number of anilines is 2. The Bertz CT molecular complexity index is 1520. The molecule has 0 fully saturated rings. The third kappa shape index (κ3) is 4.74. The quantitative estimate of drug-likeness (QED) is 0.161. The predicted molar refractivity (Wildman–Crippen MR) is 139 cm³/mol. The zero-order chi connectivity index (χ0) is 24.9. The van der Waals surface area contributed by atoms with E-state index >= 15 is 0 Å². The van der Waals surface area contributed by atoms with Crippen molar-refractivity contribution in [3.63, 3.8) is 0 Å². The lowest BCUT2D eigenvalue weighted by atomic mass is 10.1. The van der Waals surface area contributed by atoms with Crippen LogP contribution in [0.4, 0.5) is 16.2 Å². The highest BCUT2D eigenvalue weighted by Gasteiger charge is 2.18. The number of aromatic nitrogens is 2. The molecular formula is C28H25N3O5. The van der Waals surface area contributed by atoms with Gasteiger partial charge in [0.2, 0.25) is 11.8 Å². The van der Waals surface area contributed by atoms with Crippen LogP contribution in [0, 0.1) is 0 Å². The van der Waals surface area contributed by atoms with E-state index in [-0.39, 0.29) is 5.88 Å². The van der Waals surface area contributed by atoms with Crippen LogP contribution in [-0.2, 0) is 6.42 Å². The molecular weight excluding hydrogens is 458 g/mol. The molecule has 5 rings (SSSR count). The molecule has 2 aromatic heterocycles. The smallest absolute Gasteiger partial charge is 0.493 e.